The van der Waals surface area contributed by atoms with Gasteiger partial charge in [0.2, 0.25) is 5.91 Å². The predicted octanol–water partition coefficient (Wildman–Crippen LogP) is 2.58. The summed E-state index contributed by atoms with van der Waals surface area (Å²) in [5.74, 6) is 0.666. The van der Waals surface area contributed by atoms with Gasteiger partial charge >= 0.3 is 15.2 Å². The molecule has 0 bridgehead atoms. The summed E-state index contributed by atoms with van der Waals surface area (Å²) in [7, 11) is -11.0. The van der Waals surface area contributed by atoms with Gasteiger partial charge in [0.15, 0.2) is 0 Å². The van der Waals surface area contributed by atoms with Crippen molar-refractivity contribution in [1.29, 1.82) is 0 Å². The molecule has 1 amide bonds. The highest BCUT2D eigenvalue weighted by Crippen LogP contribution is 2.69. The van der Waals surface area contributed by atoms with Crippen molar-refractivity contribution >= 4 is 50.0 Å². The summed E-state index contributed by atoms with van der Waals surface area (Å²) in [5, 5.41) is 9.02. The van der Waals surface area contributed by atoms with Crippen LogP contribution in [0.15, 0.2) is 24.3 Å². The summed E-state index contributed by atoms with van der Waals surface area (Å²) in [6, 6.07) is 7.22. The Labute approximate surface area is 203 Å². The van der Waals surface area contributed by atoms with E-state index in [1.165, 1.54) is 6.92 Å². The van der Waals surface area contributed by atoms with Gasteiger partial charge in [-0.15, -0.1) is 23.2 Å². The fourth-order valence-electron chi connectivity index (χ4n) is 3.19. The number of halogens is 2. The van der Waals surface area contributed by atoms with E-state index in [-0.39, 0.29) is 18.7 Å². The Morgan fingerprint density at radius 3 is 2.03 bits per heavy atom. The summed E-state index contributed by atoms with van der Waals surface area (Å²) in [6.07, 6.45) is 0.294. The molecule has 0 aliphatic rings. The monoisotopic (exact) mass is 548 g/mol. The molecule has 0 spiro atoms. The molecule has 0 aliphatic heterocycles. The highest BCUT2D eigenvalue weighted by atomic mass is 35.5. The van der Waals surface area contributed by atoms with Gasteiger partial charge in [-0.25, -0.2) is 0 Å². The number of aliphatic hydroxyl groups is 1. The summed E-state index contributed by atoms with van der Waals surface area (Å²) in [5.41, 5.74) is 2.06. The molecule has 1 aromatic carbocycles. The minimum Gasteiger partial charge on any atom is -0.369 e. The molecule has 14 heteroatoms. The van der Waals surface area contributed by atoms with Crippen LogP contribution in [-0.2, 0) is 20.3 Å². The largest absolute Gasteiger partial charge is 0.369 e. The molecule has 0 fully saturated rings. The predicted molar refractivity (Wildman–Crippen MR) is 129 cm³/mol. The molecular formula is C19H32Cl2N2O8P2. The zero-order chi connectivity index (χ0) is 25.3. The standard InChI is InChI=1S/C19H32Cl2N2O8P2/c1-15(9-10-19(25,32(26,27)28)33(29,30)31)22-18(24)4-2-3-16-5-7-17(8-6-16)23(13-11-20)14-12-21/h5-8,15,25H,2-4,9-14H2,1H3,(H,22,24)(H2,26,27,28)(H2,29,30,31). The lowest BCUT2D eigenvalue weighted by Crippen LogP contribution is -2.36. The number of aryl methyl sites for hydroxylation is 1. The number of benzene rings is 1. The van der Waals surface area contributed by atoms with Crippen molar-refractivity contribution in [3.63, 3.8) is 0 Å². The van der Waals surface area contributed by atoms with Crippen LogP contribution in [0.1, 0.15) is 38.2 Å². The Bertz CT molecular complexity index is 819. The van der Waals surface area contributed by atoms with E-state index >= 15 is 0 Å². The van der Waals surface area contributed by atoms with Gasteiger partial charge in [0.25, 0.3) is 5.08 Å². The Morgan fingerprint density at radius 2 is 1.58 bits per heavy atom. The fraction of sp³-hybridized carbons (Fsp3) is 0.632. The lowest BCUT2D eigenvalue weighted by atomic mass is 10.1. The number of hydrogen-bond acceptors (Lipinski definition) is 5. The molecule has 1 atom stereocenters. The molecule has 0 saturated carbocycles. The van der Waals surface area contributed by atoms with Crippen molar-refractivity contribution in [3.05, 3.63) is 29.8 Å². The number of rotatable bonds is 15. The summed E-state index contributed by atoms with van der Waals surface area (Å²) < 4.78 is 22.8. The lowest BCUT2D eigenvalue weighted by Gasteiger charge is -2.30. The molecule has 0 aliphatic carbocycles. The average molecular weight is 549 g/mol. The Balaban J connectivity index is 2.51. The van der Waals surface area contributed by atoms with Crippen molar-refractivity contribution in [3.8, 4) is 0 Å². The van der Waals surface area contributed by atoms with Crippen LogP contribution >= 0.6 is 38.4 Å². The Kier molecular flexibility index (Phi) is 12.4. The van der Waals surface area contributed by atoms with E-state index in [1.807, 2.05) is 24.3 Å². The fourth-order valence-corrected chi connectivity index (χ4v) is 5.80. The number of nitrogens with one attached hydrogen (secondary N) is 1. The molecule has 190 valence electrons. The van der Waals surface area contributed by atoms with E-state index in [1.54, 1.807) is 0 Å². The van der Waals surface area contributed by atoms with Gasteiger partial charge in [-0.1, -0.05) is 12.1 Å². The maximum atomic E-state index is 12.1. The topological polar surface area (TPSA) is 168 Å². The Hall–Kier alpha value is -0.670. The minimum atomic E-state index is -5.51. The molecule has 1 rings (SSSR count). The van der Waals surface area contributed by atoms with E-state index in [4.69, 9.17) is 42.8 Å². The van der Waals surface area contributed by atoms with Crippen LogP contribution in [0.4, 0.5) is 5.69 Å². The van der Waals surface area contributed by atoms with Crippen LogP contribution in [0.3, 0.4) is 0 Å². The van der Waals surface area contributed by atoms with Crippen molar-refractivity contribution in [2.45, 2.75) is 50.2 Å². The van der Waals surface area contributed by atoms with Crippen LogP contribution < -0.4 is 10.2 Å². The molecule has 0 radical (unpaired) electrons. The van der Waals surface area contributed by atoms with Crippen LogP contribution in [-0.4, -0.2) is 66.6 Å². The number of anilines is 1. The molecule has 6 N–H and O–H groups in total. The van der Waals surface area contributed by atoms with Gasteiger partial charge in [-0.05, 0) is 43.9 Å². The highest BCUT2D eigenvalue weighted by Gasteiger charge is 2.58. The molecule has 33 heavy (non-hydrogen) atoms. The highest BCUT2D eigenvalue weighted by molar-refractivity contribution is 7.72. The van der Waals surface area contributed by atoms with Gasteiger partial charge in [-0.2, -0.15) is 0 Å². The van der Waals surface area contributed by atoms with Crippen molar-refractivity contribution in [2.75, 3.05) is 29.7 Å². The normalized spacial score (nSPS) is 13.6. The zero-order valence-electron chi connectivity index (χ0n) is 18.3. The van der Waals surface area contributed by atoms with Crippen molar-refractivity contribution in [2.24, 2.45) is 0 Å². The molecule has 0 aromatic heterocycles. The first-order chi connectivity index (χ1) is 15.2. The van der Waals surface area contributed by atoms with Crippen LogP contribution in [0.2, 0.25) is 0 Å². The van der Waals surface area contributed by atoms with Gasteiger partial charge in [0.05, 0.1) is 0 Å². The average Bonchev–Trinajstić information content (AvgIpc) is 2.70. The quantitative estimate of drug-likeness (QED) is 0.142. The van der Waals surface area contributed by atoms with Crippen LogP contribution in [0, 0.1) is 0 Å². The SMILES string of the molecule is CC(CCC(O)(P(=O)(O)O)P(=O)(O)O)NC(=O)CCCc1ccc(N(CCCl)CCCl)cc1. The lowest BCUT2D eigenvalue weighted by molar-refractivity contribution is -0.121. The second kappa shape index (κ2) is 13.4. The summed E-state index contributed by atoms with van der Waals surface area (Å²) >= 11 is 11.6. The second-order valence-electron chi connectivity index (χ2n) is 7.75. The first-order valence-electron chi connectivity index (χ1n) is 10.3. The molecule has 1 unspecified atom stereocenters. The molecule has 1 aromatic rings. The Morgan fingerprint density at radius 1 is 1.06 bits per heavy atom. The van der Waals surface area contributed by atoms with Gasteiger partial charge < -0.3 is 34.9 Å². The molecule has 10 nitrogen and oxygen atoms in total. The molecular weight excluding hydrogens is 517 g/mol. The van der Waals surface area contributed by atoms with E-state index < -0.39 is 32.7 Å². The third-order valence-corrected chi connectivity index (χ3v) is 9.35. The number of nitrogens with zero attached hydrogens (tertiary/aromatic N) is 1. The minimum absolute atomic E-state index is 0.192. The smallest absolute Gasteiger partial charge is 0.369 e. The van der Waals surface area contributed by atoms with Gasteiger partial charge in [0, 0.05) is 49.4 Å². The van der Waals surface area contributed by atoms with Crippen molar-refractivity contribution < 1.29 is 38.6 Å². The molecule has 0 saturated heterocycles. The third kappa shape index (κ3) is 9.48. The zero-order valence-corrected chi connectivity index (χ0v) is 21.6. The van der Waals surface area contributed by atoms with Gasteiger partial charge in [-0.3, -0.25) is 13.9 Å². The van der Waals surface area contributed by atoms with Crippen molar-refractivity contribution in [1.82, 2.24) is 5.32 Å². The third-order valence-electron chi connectivity index (χ3n) is 5.13. The molecule has 0 heterocycles. The first kappa shape index (κ1) is 30.4. The maximum absolute atomic E-state index is 12.1. The summed E-state index contributed by atoms with van der Waals surface area (Å²) in [6.45, 7) is 2.89. The number of carbonyl (C=O) groups is 1. The van der Waals surface area contributed by atoms with Gasteiger partial charge in [0.1, 0.15) is 0 Å². The number of hydrogen-bond donors (Lipinski definition) is 6. The number of amides is 1. The van der Waals surface area contributed by atoms with E-state index in [9.17, 15) is 19.0 Å². The van der Waals surface area contributed by atoms with E-state index in [2.05, 4.69) is 10.2 Å². The summed E-state index contributed by atoms with van der Waals surface area (Å²) in [4.78, 5) is 50.9. The van der Waals surface area contributed by atoms with E-state index in [0.717, 1.165) is 11.3 Å². The first-order valence-corrected chi connectivity index (χ1v) is 14.6. The number of alkyl halides is 2. The maximum Gasteiger partial charge on any atom is 0.369 e. The van der Waals surface area contributed by atoms with Crippen LogP contribution in [0.25, 0.3) is 0 Å². The second-order valence-corrected chi connectivity index (χ2v) is 12.5. The van der Waals surface area contributed by atoms with E-state index in [0.29, 0.717) is 37.7 Å². The van der Waals surface area contributed by atoms with Crippen LogP contribution in [0.5, 0.6) is 0 Å². The number of carbonyl (C=O) groups excluding carboxylic acids is 1.